The molecule has 0 radical (unpaired) electrons. The quantitative estimate of drug-likeness (QED) is 0.665. The van der Waals surface area contributed by atoms with E-state index in [4.69, 9.17) is 5.73 Å². The van der Waals surface area contributed by atoms with E-state index in [2.05, 4.69) is 5.32 Å². The van der Waals surface area contributed by atoms with Gasteiger partial charge in [0.05, 0.1) is 5.25 Å². The predicted molar refractivity (Wildman–Crippen MR) is 86.0 cm³/mol. The van der Waals surface area contributed by atoms with Gasteiger partial charge in [-0.1, -0.05) is 18.2 Å². The Bertz CT molecular complexity index is 596. The third-order valence-corrected chi connectivity index (χ3v) is 4.22. The van der Waals surface area contributed by atoms with Crippen LogP contribution in [0.2, 0.25) is 0 Å². The number of hydrogen-bond donors (Lipinski definition) is 2. The summed E-state index contributed by atoms with van der Waals surface area (Å²) in [6.45, 7) is 3.96. The van der Waals surface area contributed by atoms with Crippen LogP contribution in [-0.4, -0.2) is 11.2 Å². The summed E-state index contributed by atoms with van der Waals surface area (Å²) in [5, 5.41) is 2.73. The summed E-state index contributed by atoms with van der Waals surface area (Å²) in [6, 6.07) is 15.2. The summed E-state index contributed by atoms with van der Waals surface area (Å²) in [5.41, 5.74) is 8.25. The van der Waals surface area contributed by atoms with Crippen molar-refractivity contribution in [3.8, 4) is 0 Å². The summed E-state index contributed by atoms with van der Waals surface area (Å²) < 4.78 is 0. The summed E-state index contributed by atoms with van der Waals surface area (Å²) in [7, 11) is 0. The van der Waals surface area contributed by atoms with E-state index in [0.29, 0.717) is 5.69 Å². The van der Waals surface area contributed by atoms with Gasteiger partial charge in [-0.15, -0.1) is 11.8 Å². The topological polar surface area (TPSA) is 55.1 Å². The van der Waals surface area contributed by atoms with Gasteiger partial charge in [-0.3, -0.25) is 4.79 Å². The Kier molecular flexibility index (Phi) is 4.69. The normalized spacial score (nSPS) is 11.9. The van der Waals surface area contributed by atoms with Gasteiger partial charge in [-0.05, 0) is 49.7 Å². The van der Waals surface area contributed by atoms with Crippen LogP contribution in [0.25, 0.3) is 0 Å². The maximum atomic E-state index is 12.1. The maximum absolute atomic E-state index is 12.1. The first-order chi connectivity index (χ1) is 9.56. The molecule has 0 heterocycles. The summed E-state index contributed by atoms with van der Waals surface area (Å²) in [4.78, 5) is 13.3. The average Bonchev–Trinajstić information content (AvgIpc) is 2.44. The minimum Gasteiger partial charge on any atom is -0.399 e. The molecule has 2 rings (SSSR count). The van der Waals surface area contributed by atoms with Gasteiger partial charge in [0, 0.05) is 16.3 Å². The van der Waals surface area contributed by atoms with Gasteiger partial charge in [0.25, 0.3) is 0 Å². The highest BCUT2D eigenvalue weighted by atomic mass is 32.2. The molecular weight excluding hydrogens is 268 g/mol. The number of benzene rings is 2. The lowest BCUT2D eigenvalue weighted by Crippen LogP contribution is -2.22. The Morgan fingerprint density at radius 2 is 1.80 bits per heavy atom. The predicted octanol–water partition coefficient (Wildman–Crippen LogP) is 3.70. The second-order valence-corrected chi connectivity index (χ2v) is 6.02. The van der Waals surface area contributed by atoms with Crippen LogP contribution in [0.5, 0.6) is 0 Å². The molecule has 0 fully saturated rings. The van der Waals surface area contributed by atoms with Crippen LogP contribution in [-0.2, 0) is 4.79 Å². The number of rotatable bonds is 4. The van der Waals surface area contributed by atoms with E-state index in [-0.39, 0.29) is 11.2 Å². The molecule has 0 spiro atoms. The molecule has 4 heteroatoms. The van der Waals surface area contributed by atoms with E-state index >= 15 is 0 Å². The molecule has 0 aliphatic heterocycles. The molecule has 2 aromatic carbocycles. The molecule has 0 aromatic heterocycles. The number of nitrogen functional groups attached to an aromatic ring is 1. The van der Waals surface area contributed by atoms with Gasteiger partial charge in [-0.2, -0.15) is 0 Å². The number of carbonyl (C=O) groups excluding carboxylic acids is 1. The standard InChI is InChI=1S/C16H18N2OS/c1-11-5-3-4-6-15(11)20-12(2)16(19)18-14-9-7-13(17)8-10-14/h3-10,12H,17H2,1-2H3,(H,18,19). The zero-order valence-corrected chi connectivity index (χ0v) is 12.4. The fraction of sp³-hybridized carbons (Fsp3) is 0.188. The molecule has 1 amide bonds. The van der Waals surface area contributed by atoms with Gasteiger partial charge in [-0.25, -0.2) is 0 Å². The Balaban J connectivity index is 1.99. The Labute approximate surface area is 123 Å². The van der Waals surface area contributed by atoms with Crippen LogP contribution in [0, 0.1) is 6.92 Å². The molecule has 1 atom stereocenters. The van der Waals surface area contributed by atoms with Crippen molar-refractivity contribution in [2.24, 2.45) is 0 Å². The minimum atomic E-state index is -0.159. The average molecular weight is 286 g/mol. The van der Waals surface area contributed by atoms with Crippen LogP contribution in [0.15, 0.2) is 53.4 Å². The van der Waals surface area contributed by atoms with Crippen molar-refractivity contribution in [2.75, 3.05) is 11.1 Å². The monoisotopic (exact) mass is 286 g/mol. The van der Waals surface area contributed by atoms with Crippen molar-refractivity contribution in [1.29, 1.82) is 0 Å². The highest BCUT2D eigenvalue weighted by Crippen LogP contribution is 2.27. The first-order valence-corrected chi connectivity index (χ1v) is 7.33. The van der Waals surface area contributed by atoms with E-state index in [1.54, 1.807) is 36.0 Å². The molecule has 3 N–H and O–H groups in total. The molecule has 0 saturated carbocycles. The van der Waals surface area contributed by atoms with E-state index in [1.165, 1.54) is 5.56 Å². The Hall–Kier alpha value is -1.94. The van der Waals surface area contributed by atoms with Crippen LogP contribution >= 0.6 is 11.8 Å². The van der Waals surface area contributed by atoms with Gasteiger partial charge >= 0.3 is 0 Å². The smallest absolute Gasteiger partial charge is 0.237 e. The lowest BCUT2D eigenvalue weighted by atomic mass is 10.2. The molecule has 104 valence electrons. The molecule has 0 aliphatic carbocycles. The Morgan fingerprint density at radius 1 is 1.15 bits per heavy atom. The van der Waals surface area contributed by atoms with Gasteiger partial charge in [0.1, 0.15) is 0 Å². The zero-order chi connectivity index (χ0) is 14.5. The largest absolute Gasteiger partial charge is 0.399 e. The van der Waals surface area contributed by atoms with E-state index in [9.17, 15) is 4.79 Å². The van der Waals surface area contributed by atoms with Crippen molar-refractivity contribution >= 4 is 29.0 Å². The summed E-state index contributed by atoms with van der Waals surface area (Å²) >= 11 is 1.56. The van der Waals surface area contributed by atoms with Crippen molar-refractivity contribution < 1.29 is 4.79 Å². The summed E-state index contributed by atoms with van der Waals surface area (Å²) in [6.07, 6.45) is 0. The molecule has 3 nitrogen and oxygen atoms in total. The van der Waals surface area contributed by atoms with Gasteiger partial charge in [0.2, 0.25) is 5.91 Å². The van der Waals surface area contributed by atoms with E-state index in [1.807, 2.05) is 38.1 Å². The number of anilines is 2. The molecule has 20 heavy (non-hydrogen) atoms. The number of aryl methyl sites for hydroxylation is 1. The molecule has 1 unspecified atom stereocenters. The minimum absolute atomic E-state index is 0.0111. The Morgan fingerprint density at radius 3 is 2.45 bits per heavy atom. The SMILES string of the molecule is Cc1ccccc1SC(C)C(=O)Nc1ccc(N)cc1. The number of nitrogens with one attached hydrogen (secondary N) is 1. The molecule has 0 bridgehead atoms. The number of nitrogens with two attached hydrogens (primary N) is 1. The number of thioether (sulfide) groups is 1. The van der Waals surface area contributed by atoms with Crippen LogP contribution in [0.3, 0.4) is 0 Å². The third kappa shape index (κ3) is 3.78. The summed E-state index contributed by atoms with van der Waals surface area (Å²) in [5.74, 6) is -0.0111. The molecular formula is C16H18N2OS. The second-order valence-electron chi connectivity index (χ2n) is 4.64. The van der Waals surface area contributed by atoms with Crippen LogP contribution < -0.4 is 11.1 Å². The first-order valence-electron chi connectivity index (χ1n) is 6.45. The van der Waals surface area contributed by atoms with Crippen molar-refractivity contribution in [2.45, 2.75) is 24.0 Å². The second kappa shape index (κ2) is 6.48. The van der Waals surface area contributed by atoms with Crippen LogP contribution in [0.1, 0.15) is 12.5 Å². The van der Waals surface area contributed by atoms with Gasteiger partial charge < -0.3 is 11.1 Å². The third-order valence-electron chi connectivity index (χ3n) is 2.94. The maximum Gasteiger partial charge on any atom is 0.237 e. The molecule has 2 aromatic rings. The lowest BCUT2D eigenvalue weighted by Gasteiger charge is -2.13. The number of amides is 1. The zero-order valence-electron chi connectivity index (χ0n) is 11.6. The van der Waals surface area contributed by atoms with Gasteiger partial charge in [0.15, 0.2) is 0 Å². The first kappa shape index (κ1) is 14.5. The van der Waals surface area contributed by atoms with E-state index < -0.39 is 0 Å². The lowest BCUT2D eigenvalue weighted by molar-refractivity contribution is -0.115. The van der Waals surface area contributed by atoms with E-state index in [0.717, 1.165) is 10.6 Å². The number of hydrogen-bond acceptors (Lipinski definition) is 3. The molecule has 0 aliphatic rings. The van der Waals surface area contributed by atoms with Crippen LogP contribution in [0.4, 0.5) is 11.4 Å². The van der Waals surface area contributed by atoms with Crippen molar-refractivity contribution in [1.82, 2.24) is 0 Å². The highest BCUT2D eigenvalue weighted by molar-refractivity contribution is 8.00. The van der Waals surface area contributed by atoms with Crippen molar-refractivity contribution in [3.63, 3.8) is 0 Å². The highest BCUT2D eigenvalue weighted by Gasteiger charge is 2.15. The van der Waals surface area contributed by atoms with Crippen molar-refractivity contribution in [3.05, 3.63) is 54.1 Å². The number of carbonyl (C=O) groups is 1. The fourth-order valence-electron chi connectivity index (χ4n) is 1.74. The molecule has 0 saturated heterocycles. The fourth-order valence-corrected chi connectivity index (χ4v) is 2.70.